The highest BCUT2D eigenvalue weighted by atomic mass is 32.1. The maximum atomic E-state index is 5.03. The first-order chi connectivity index (χ1) is 10.3. The van der Waals surface area contributed by atoms with Gasteiger partial charge in [0.2, 0.25) is 0 Å². The van der Waals surface area contributed by atoms with Gasteiger partial charge < -0.3 is 4.74 Å². The van der Waals surface area contributed by atoms with Crippen molar-refractivity contribution in [3.8, 4) is 0 Å². The average Bonchev–Trinajstić information content (AvgIpc) is 2.50. The molecule has 2 heteroatoms. The Morgan fingerprint density at radius 1 is 0.619 bits per heavy atom. The maximum absolute atomic E-state index is 5.03. The summed E-state index contributed by atoms with van der Waals surface area (Å²) >= 11 is 5.03. The summed E-state index contributed by atoms with van der Waals surface area (Å²) in [5.74, 6) is 0. The van der Waals surface area contributed by atoms with Gasteiger partial charge in [-0.25, -0.2) is 0 Å². The van der Waals surface area contributed by atoms with Crippen LogP contribution < -0.4 is 0 Å². The van der Waals surface area contributed by atoms with E-state index in [4.69, 9.17) is 17.0 Å². The van der Waals surface area contributed by atoms with Crippen LogP contribution in [-0.4, -0.2) is 12.2 Å². The summed E-state index contributed by atoms with van der Waals surface area (Å²) in [5, 5.41) is 0.768. The van der Waals surface area contributed by atoms with Crippen molar-refractivity contribution in [3.05, 3.63) is 0 Å². The van der Waals surface area contributed by atoms with Crippen LogP contribution in [0.3, 0.4) is 0 Å². The van der Waals surface area contributed by atoms with Crippen molar-refractivity contribution >= 4 is 17.3 Å². The van der Waals surface area contributed by atoms with E-state index in [9.17, 15) is 0 Å². The van der Waals surface area contributed by atoms with Crippen LogP contribution >= 0.6 is 12.2 Å². The molecule has 0 amide bonds. The number of hydrogen-bond acceptors (Lipinski definition) is 2. The molecule has 0 aromatic heterocycles. The highest BCUT2D eigenvalue weighted by Crippen LogP contribution is 2.13. The van der Waals surface area contributed by atoms with Crippen molar-refractivity contribution < 1.29 is 4.74 Å². The molecule has 0 atom stereocenters. The van der Waals surface area contributed by atoms with Crippen LogP contribution in [-0.2, 0) is 4.74 Å². The van der Waals surface area contributed by atoms with Gasteiger partial charge in [-0.2, -0.15) is 0 Å². The van der Waals surface area contributed by atoms with E-state index >= 15 is 0 Å². The van der Waals surface area contributed by atoms with Crippen molar-refractivity contribution in [3.63, 3.8) is 0 Å². The Kier molecular flexibility index (Phi) is 17.8. The van der Waals surface area contributed by atoms with Crippen molar-refractivity contribution in [1.82, 2.24) is 0 Å². The van der Waals surface area contributed by atoms with E-state index in [2.05, 4.69) is 6.92 Å². The second kappa shape index (κ2) is 17.9. The molecule has 0 unspecified atom stereocenters. The average molecular weight is 315 g/mol. The zero-order valence-electron chi connectivity index (χ0n) is 14.6. The summed E-state index contributed by atoms with van der Waals surface area (Å²) in [5.41, 5.74) is 0. The number of hydrogen-bond donors (Lipinski definition) is 0. The van der Waals surface area contributed by atoms with Gasteiger partial charge in [-0.05, 0) is 18.6 Å². The van der Waals surface area contributed by atoms with Crippen LogP contribution in [0.4, 0.5) is 0 Å². The van der Waals surface area contributed by atoms with Gasteiger partial charge in [0, 0.05) is 6.42 Å². The molecule has 0 radical (unpaired) electrons. The second-order valence-electron chi connectivity index (χ2n) is 6.28. The van der Waals surface area contributed by atoms with E-state index in [0.29, 0.717) is 0 Å². The van der Waals surface area contributed by atoms with Crippen LogP contribution in [0.15, 0.2) is 0 Å². The lowest BCUT2D eigenvalue weighted by Gasteiger charge is -2.04. The van der Waals surface area contributed by atoms with Crippen molar-refractivity contribution in [1.29, 1.82) is 0 Å². The van der Waals surface area contributed by atoms with E-state index in [1.807, 2.05) is 0 Å². The second-order valence-corrected chi connectivity index (χ2v) is 6.73. The standard InChI is InChI=1S/C19H38OS/c1-3-4-5-6-7-8-9-10-11-12-13-14-15-16-17-18-19(21)20-2/h3-18H2,1-2H3. The van der Waals surface area contributed by atoms with E-state index in [-0.39, 0.29) is 0 Å². The molecule has 0 rings (SSSR count). The smallest absolute Gasteiger partial charge is 0.159 e. The number of rotatable bonds is 16. The topological polar surface area (TPSA) is 9.23 Å². The van der Waals surface area contributed by atoms with Crippen molar-refractivity contribution in [2.45, 2.75) is 110 Å². The van der Waals surface area contributed by atoms with Crippen molar-refractivity contribution in [2.75, 3.05) is 7.11 Å². The fourth-order valence-corrected chi connectivity index (χ4v) is 2.89. The lowest BCUT2D eigenvalue weighted by atomic mass is 10.0. The monoisotopic (exact) mass is 314 g/mol. The van der Waals surface area contributed by atoms with E-state index in [1.54, 1.807) is 7.11 Å². The zero-order chi connectivity index (χ0) is 15.6. The van der Waals surface area contributed by atoms with Gasteiger partial charge in [-0.3, -0.25) is 0 Å². The molecule has 0 bridgehead atoms. The van der Waals surface area contributed by atoms with Crippen LogP contribution in [0.2, 0.25) is 0 Å². The van der Waals surface area contributed by atoms with Gasteiger partial charge in [-0.15, -0.1) is 0 Å². The predicted octanol–water partition coefficient (Wildman–Crippen LogP) is 7.22. The summed E-state index contributed by atoms with van der Waals surface area (Å²) < 4.78 is 5.00. The van der Waals surface area contributed by atoms with Crippen LogP contribution in [0.25, 0.3) is 0 Å². The van der Waals surface area contributed by atoms with Gasteiger partial charge in [0.15, 0.2) is 5.05 Å². The molecular weight excluding hydrogens is 276 g/mol. The molecule has 0 N–H and O–H groups in total. The summed E-state index contributed by atoms with van der Waals surface area (Å²) in [6.07, 6.45) is 22.1. The molecular formula is C19H38OS. The fraction of sp³-hybridized carbons (Fsp3) is 0.947. The van der Waals surface area contributed by atoms with Gasteiger partial charge in [0.25, 0.3) is 0 Å². The molecule has 0 fully saturated rings. The first-order valence-corrected chi connectivity index (χ1v) is 9.79. The molecule has 126 valence electrons. The molecule has 0 aliphatic heterocycles. The lowest BCUT2D eigenvalue weighted by molar-refractivity contribution is 0.399. The molecule has 0 aliphatic carbocycles. The van der Waals surface area contributed by atoms with E-state index in [0.717, 1.165) is 11.5 Å². The Morgan fingerprint density at radius 2 is 0.952 bits per heavy atom. The first-order valence-electron chi connectivity index (χ1n) is 9.38. The Morgan fingerprint density at radius 3 is 1.29 bits per heavy atom. The fourth-order valence-electron chi connectivity index (χ4n) is 2.74. The molecule has 21 heavy (non-hydrogen) atoms. The molecule has 0 heterocycles. The minimum Gasteiger partial charge on any atom is -0.490 e. The van der Waals surface area contributed by atoms with Crippen molar-refractivity contribution in [2.24, 2.45) is 0 Å². The molecule has 0 aromatic carbocycles. The number of methoxy groups -OCH3 is 1. The largest absolute Gasteiger partial charge is 0.490 e. The lowest BCUT2D eigenvalue weighted by Crippen LogP contribution is -1.96. The Bertz CT molecular complexity index is 216. The molecule has 0 aliphatic rings. The normalized spacial score (nSPS) is 10.8. The third kappa shape index (κ3) is 17.8. The number of ether oxygens (including phenoxy) is 1. The van der Waals surface area contributed by atoms with Gasteiger partial charge in [0.05, 0.1) is 7.11 Å². The SMILES string of the molecule is CCCCCCCCCCCCCCCCCC(=S)OC. The summed E-state index contributed by atoms with van der Waals surface area (Å²) in [6.45, 7) is 2.29. The quantitative estimate of drug-likeness (QED) is 0.220. The Hall–Kier alpha value is -0.110. The molecule has 0 spiro atoms. The maximum Gasteiger partial charge on any atom is 0.159 e. The minimum atomic E-state index is 0.768. The van der Waals surface area contributed by atoms with Crippen LogP contribution in [0.5, 0.6) is 0 Å². The van der Waals surface area contributed by atoms with Gasteiger partial charge >= 0.3 is 0 Å². The molecule has 0 saturated carbocycles. The minimum absolute atomic E-state index is 0.768. The van der Waals surface area contributed by atoms with Gasteiger partial charge in [0.1, 0.15) is 0 Å². The van der Waals surface area contributed by atoms with Gasteiger partial charge in [-0.1, -0.05) is 96.8 Å². The predicted molar refractivity (Wildman–Crippen MR) is 99.2 cm³/mol. The van der Waals surface area contributed by atoms with Crippen LogP contribution in [0, 0.1) is 0 Å². The third-order valence-corrected chi connectivity index (χ3v) is 4.58. The Balaban J connectivity index is 2.98. The highest BCUT2D eigenvalue weighted by Gasteiger charge is 1.96. The number of unbranched alkanes of at least 4 members (excludes halogenated alkanes) is 14. The zero-order valence-corrected chi connectivity index (χ0v) is 15.4. The highest BCUT2D eigenvalue weighted by molar-refractivity contribution is 7.80. The number of thiocarbonyl (C=S) groups is 1. The van der Waals surface area contributed by atoms with Crippen LogP contribution in [0.1, 0.15) is 110 Å². The summed E-state index contributed by atoms with van der Waals surface area (Å²) in [6, 6.07) is 0. The van der Waals surface area contributed by atoms with E-state index < -0.39 is 0 Å². The molecule has 0 aromatic rings. The van der Waals surface area contributed by atoms with E-state index in [1.165, 1.54) is 96.3 Å². The molecule has 1 nitrogen and oxygen atoms in total. The Labute approximate surface area is 139 Å². The molecule has 0 saturated heterocycles. The summed E-state index contributed by atoms with van der Waals surface area (Å²) in [4.78, 5) is 0. The first kappa shape index (κ1) is 20.9. The third-order valence-electron chi connectivity index (χ3n) is 4.21. The summed E-state index contributed by atoms with van der Waals surface area (Å²) in [7, 11) is 1.67.